The highest BCUT2D eigenvalue weighted by Gasteiger charge is 2.75. The van der Waals surface area contributed by atoms with Gasteiger partial charge in [-0.05, 0) is 84.5 Å². The fourth-order valence-electron chi connectivity index (χ4n) is 5.80. The van der Waals surface area contributed by atoms with Crippen LogP contribution < -0.4 is 0 Å². The van der Waals surface area contributed by atoms with E-state index < -0.39 is 70.5 Å². The minimum atomic E-state index is -5.98. The van der Waals surface area contributed by atoms with Crippen LogP contribution in [0.1, 0.15) is 66.7 Å². The van der Waals surface area contributed by atoms with Crippen LogP contribution in [0.3, 0.4) is 0 Å². The quantitative estimate of drug-likeness (QED) is 0.251. The summed E-state index contributed by atoms with van der Waals surface area (Å²) in [5, 5.41) is 0. The maximum Gasteiger partial charge on any atom is 0.440 e. The van der Waals surface area contributed by atoms with Crippen molar-refractivity contribution in [3.8, 4) is 0 Å². The number of carbonyl (C=O) groups is 2. The van der Waals surface area contributed by atoms with Crippen molar-refractivity contribution >= 4 is 11.9 Å². The fourth-order valence-corrected chi connectivity index (χ4v) is 5.80. The van der Waals surface area contributed by atoms with Gasteiger partial charge in [-0.3, -0.25) is 4.79 Å². The Hall–Kier alpha value is -1.78. The van der Waals surface area contributed by atoms with E-state index in [4.69, 9.17) is 9.47 Å². The molecule has 0 saturated heterocycles. The van der Waals surface area contributed by atoms with Gasteiger partial charge in [0, 0.05) is 5.57 Å². The van der Waals surface area contributed by atoms with Crippen LogP contribution in [0.4, 0.5) is 26.3 Å². The summed E-state index contributed by atoms with van der Waals surface area (Å²) in [4.78, 5) is 24.4. The highest BCUT2D eigenvalue weighted by Crippen LogP contribution is 2.63. The fraction of sp³-hybridized carbons (Fsp3) is 0.833. The normalized spacial score (nSPS) is 32.9. The topological polar surface area (TPSA) is 61.8 Å². The molecule has 4 bridgehead atoms. The Bertz CT molecular complexity index is 854. The molecule has 4 saturated carbocycles. The van der Waals surface area contributed by atoms with Gasteiger partial charge in [0.15, 0.2) is 0 Å². The summed E-state index contributed by atoms with van der Waals surface area (Å²) in [5.41, 5.74) is -8.35. The Morgan fingerprint density at radius 2 is 1.43 bits per heavy atom. The molecule has 4 aliphatic carbocycles. The van der Waals surface area contributed by atoms with Crippen molar-refractivity contribution in [2.75, 3.05) is 6.61 Å². The van der Waals surface area contributed by atoms with Gasteiger partial charge >= 0.3 is 29.9 Å². The van der Waals surface area contributed by atoms with Gasteiger partial charge < -0.3 is 14.2 Å². The van der Waals surface area contributed by atoms with Gasteiger partial charge in [-0.25, -0.2) is 4.79 Å². The molecule has 0 aromatic rings. The van der Waals surface area contributed by atoms with Crippen molar-refractivity contribution in [1.29, 1.82) is 0 Å². The first kappa shape index (κ1) is 27.8. The maximum absolute atomic E-state index is 13.9. The summed E-state index contributed by atoms with van der Waals surface area (Å²) in [6, 6.07) is 0. The molecule has 200 valence electrons. The molecular weight excluding hydrogens is 482 g/mol. The lowest BCUT2D eigenvalue weighted by atomic mass is 9.48. The first-order valence-electron chi connectivity index (χ1n) is 11.6. The monoisotopic (exact) mass is 514 g/mol. The molecule has 0 aromatic heterocycles. The summed E-state index contributed by atoms with van der Waals surface area (Å²) >= 11 is 0. The van der Waals surface area contributed by atoms with Crippen LogP contribution >= 0.6 is 0 Å². The Labute approximate surface area is 200 Å². The Morgan fingerprint density at radius 1 is 0.943 bits per heavy atom. The van der Waals surface area contributed by atoms with Crippen LogP contribution in [-0.4, -0.2) is 47.7 Å². The molecular formula is C24H32F6O5. The average molecular weight is 515 g/mol. The van der Waals surface area contributed by atoms with Crippen LogP contribution in [0.2, 0.25) is 0 Å². The predicted octanol–water partition coefficient (Wildman–Crippen LogP) is 5.91. The van der Waals surface area contributed by atoms with E-state index in [9.17, 15) is 35.9 Å². The first-order chi connectivity index (χ1) is 15.7. The Balaban J connectivity index is 1.89. The van der Waals surface area contributed by atoms with Crippen molar-refractivity contribution in [2.45, 2.75) is 95.9 Å². The number of carbonyl (C=O) groups excluding carboxylic acids is 2. The lowest BCUT2D eigenvalue weighted by Crippen LogP contribution is -2.68. The number of ether oxygens (including phenoxy) is 3. The second kappa shape index (κ2) is 8.38. The summed E-state index contributed by atoms with van der Waals surface area (Å²) in [6.45, 7) is 8.76. The van der Waals surface area contributed by atoms with E-state index in [0.717, 1.165) is 6.92 Å². The van der Waals surface area contributed by atoms with E-state index in [-0.39, 0.29) is 18.8 Å². The zero-order valence-electron chi connectivity index (χ0n) is 20.5. The predicted molar refractivity (Wildman–Crippen MR) is 112 cm³/mol. The molecule has 0 spiro atoms. The number of hydrogen-bond donors (Lipinski definition) is 0. The molecule has 0 radical (unpaired) electrons. The van der Waals surface area contributed by atoms with Crippen LogP contribution in [0.5, 0.6) is 0 Å². The van der Waals surface area contributed by atoms with Gasteiger partial charge in [0.1, 0.15) is 12.2 Å². The molecule has 0 heterocycles. The summed E-state index contributed by atoms with van der Waals surface area (Å²) in [7, 11) is 0. The molecule has 0 aliphatic heterocycles. The van der Waals surface area contributed by atoms with Crippen LogP contribution in [0.15, 0.2) is 12.2 Å². The molecule has 2 atom stereocenters. The van der Waals surface area contributed by atoms with E-state index >= 15 is 0 Å². The smallest absolute Gasteiger partial charge is 0.440 e. The number of rotatable bonds is 6. The lowest BCUT2D eigenvalue weighted by molar-refractivity contribution is -0.388. The second-order valence-electron chi connectivity index (χ2n) is 11.6. The Morgan fingerprint density at radius 3 is 1.83 bits per heavy atom. The number of alkyl halides is 6. The highest BCUT2D eigenvalue weighted by atomic mass is 19.4. The van der Waals surface area contributed by atoms with Crippen LogP contribution in [0.25, 0.3) is 0 Å². The maximum atomic E-state index is 13.9. The highest BCUT2D eigenvalue weighted by molar-refractivity contribution is 5.87. The van der Waals surface area contributed by atoms with E-state index in [0.29, 0.717) is 19.3 Å². The largest absolute Gasteiger partial charge is 0.459 e. The number of halogens is 6. The summed E-state index contributed by atoms with van der Waals surface area (Å²) in [6.07, 6.45) is -9.70. The molecule has 11 heteroatoms. The van der Waals surface area contributed by atoms with E-state index in [1.54, 1.807) is 20.8 Å². The van der Waals surface area contributed by atoms with E-state index in [1.165, 1.54) is 6.92 Å². The van der Waals surface area contributed by atoms with Gasteiger partial charge in [0.25, 0.3) is 0 Å². The van der Waals surface area contributed by atoms with Gasteiger partial charge in [-0.2, -0.15) is 26.3 Å². The SMILES string of the molecule is C=C(C)C(=O)OC(COC1(C)C2CC3CC1CC(OC(=O)C(C)(C)C)(C3)C2)(C(F)(F)F)C(F)(F)F. The molecule has 4 aliphatic rings. The molecule has 0 N–H and O–H groups in total. The van der Waals surface area contributed by atoms with Crippen molar-refractivity contribution in [3.63, 3.8) is 0 Å². The van der Waals surface area contributed by atoms with Crippen molar-refractivity contribution < 1.29 is 50.1 Å². The van der Waals surface area contributed by atoms with Crippen molar-refractivity contribution in [2.24, 2.45) is 23.2 Å². The van der Waals surface area contributed by atoms with Gasteiger partial charge in [-0.15, -0.1) is 0 Å². The average Bonchev–Trinajstić information content (AvgIpc) is 2.65. The number of esters is 2. The molecule has 4 rings (SSSR count). The molecule has 0 aromatic carbocycles. The molecule has 0 amide bonds. The van der Waals surface area contributed by atoms with E-state index in [1.807, 2.05) is 0 Å². The number of hydrogen-bond acceptors (Lipinski definition) is 5. The first-order valence-corrected chi connectivity index (χ1v) is 11.6. The molecule has 4 fully saturated rings. The Kier molecular flexibility index (Phi) is 6.66. The van der Waals surface area contributed by atoms with E-state index in [2.05, 4.69) is 11.3 Å². The van der Waals surface area contributed by atoms with Gasteiger partial charge in [0.2, 0.25) is 0 Å². The summed E-state index contributed by atoms with van der Waals surface area (Å²) in [5.74, 6) is -2.92. The second-order valence-corrected chi connectivity index (χ2v) is 11.6. The minimum absolute atomic E-state index is 0.133. The van der Waals surface area contributed by atoms with Gasteiger partial charge in [0.05, 0.1) is 11.0 Å². The van der Waals surface area contributed by atoms with Gasteiger partial charge in [-0.1, -0.05) is 6.58 Å². The minimum Gasteiger partial charge on any atom is -0.459 e. The van der Waals surface area contributed by atoms with Crippen molar-refractivity contribution in [1.82, 2.24) is 0 Å². The third-order valence-corrected chi connectivity index (χ3v) is 7.79. The standard InChI is InChI=1S/C24H32F6O5/c1-13(2)17(31)34-22(23(25,26)27,24(28,29)30)12-33-20(6)15-7-14-8-16(20)11-21(9-14,10-15)35-18(32)19(3,4)5/h14-16H,1,7-12H2,2-6H3. The van der Waals surface area contributed by atoms with Crippen molar-refractivity contribution in [3.05, 3.63) is 12.2 Å². The molecule has 2 unspecified atom stereocenters. The zero-order chi connectivity index (χ0) is 26.8. The molecule has 5 nitrogen and oxygen atoms in total. The zero-order valence-corrected chi connectivity index (χ0v) is 20.5. The lowest BCUT2D eigenvalue weighted by Gasteiger charge is -2.63. The third kappa shape index (κ3) is 4.81. The summed E-state index contributed by atoms with van der Waals surface area (Å²) < 4.78 is 98.8. The third-order valence-electron chi connectivity index (χ3n) is 7.79. The van der Waals surface area contributed by atoms with Crippen LogP contribution in [0, 0.1) is 23.2 Å². The van der Waals surface area contributed by atoms with Crippen LogP contribution in [-0.2, 0) is 23.8 Å². The molecule has 35 heavy (non-hydrogen) atoms.